The van der Waals surface area contributed by atoms with Crippen LogP contribution in [0.15, 0.2) is 12.5 Å². The molecule has 1 saturated heterocycles. The molecule has 0 amide bonds. The van der Waals surface area contributed by atoms with Crippen LogP contribution in [-0.4, -0.2) is 34.1 Å². The van der Waals surface area contributed by atoms with Crippen LogP contribution in [0.4, 0.5) is 0 Å². The van der Waals surface area contributed by atoms with Crippen molar-refractivity contribution >= 4 is 11.6 Å². The number of likely N-dealkylation sites (tertiary alicyclic amines) is 1. The zero-order valence-corrected chi connectivity index (χ0v) is 9.08. The molecule has 0 unspecified atom stereocenters. The minimum Gasteiger partial charge on any atom is -0.332 e. The third-order valence-corrected chi connectivity index (χ3v) is 3.07. The molecule has 4 heteroatoms. The molecule has 0 atom stereocenters. The predicted octanol–water partition coefficient (Wildman–Crippen LogP) is 1.72. The van der Waals surface area contributed by atoms with Crippen LogP contribution < -0.4 is 0 Å². The highest BCUT2D eigenvalue weighted by atomic mass is 35.5. The number of aromatic nitrogens is 2. The van der Waals surface area contributed by atoms with E-state index >= 15 is 0 Å². The number of hydrogen-bond donors (Lipinski definition) is 0. The van der Waals surface area contributed by atoms with E-state index in [-0.39, 0.29) is 0 Å². The summed E-state index contributed by atoms with van der Waals surface area (Å²) in [5, 5.41) is 0. The van der Waals surface area contributed by atoms with E-state index in [1.807, 2.05) is 12.5 Å². The van der Waals surface area contributed by atoms with E-state index in [2.05, 4.69) is 14.5 Å². The maximum Gasteiger partial charge on any atom is 0.0948 e. The molecule has 0 aromatic carbocycles. The van der Waals surface area contributed by atoms with E-state index in [1.165, 1.54) is 25.9 Å². The largest absolute Gasteiger partial charge is 0.332 e. The molecule has 2 rings (SSSR count). The van der Waals surface area contributed by atoms with Crippen molar-refractivity contribution in [2.24, 2.45) is 0 Å². The third kappa shape index (κ3) is 2.28. The number of alkyl halides is 1. The van der Waals surface area contributed by atoms with Crippen molar-refractivity contribution in [3.8, 4) is 0 Å². The fourth-order valence-electron chi connectivity index (χ4n) is 1.92. The summed E-state index contributed by atoms with van der Waals surface area (Å²) in [6.45, 7) is 4.65. The Morgan fingerprint density at radius 1 is 1.29 bits per heavy atom. The highest BCUT2D eigenvalue weighted by molar-refractivity contribution is 6.16. The number of rotatable bonds is 4. The summed E-state index contributed by atoms with van der Waals surface area (Å²) in [6, 6.07) is 0. The average Bonchev–Trinajstić information content (AvgIpc) is 2.85. The average molecular weight is 214 g/mol. The van der Waals surface area contributed by atoms with Gasteiger partial charge in [-0.1, -0.05) is 0 Å². The molecule has 78 valence electrons. The maximum absolute atomic E-state index is 5.79. The zero-order chi connectivity index (χ0) is 9.80. The summed E-state index contributed by atoms with van der Waals surface area (Å²) in [5.74, 6) is 0.556. The standard InChI is InChI=1S/C10H16ClN3/c11-7-10-8-12-9-14(10)6-5-13-3-1-2-4-13/h8-9H,1-7H2. The van der Waals surface area contributed by atoms with Crippen molar-refractivity contribution in [2.75, 3.05) is 19.6 Å². The van der Waals surface area contributed by atoms with E-state index in [0.717, 1.165) is 18.8 Å². The van der Waals surface area contributed by atoms with Crippen LogP contribution in [0.25, 0.3) is 0 Å². The first-order chi connectivity index (χ1) is 6.90. The zero-order valence-electron chi connectivity index (χ0n) is 8.32. The van der Waals surface area contributed by atoms with Crippen LogP contribution in [0.5, 0.6) is 0 Å². The van der Waals surface area contributed by atoms with Gasteiger partial charge in [0.05, 0.1) is 17.9 Å². The minimum atomic E-state index is 0.556. The molecular formula is C10H16ClN3. The number of nitrogens with zero attached hydrogens (tertiary/aromatic N) is 3. The van der Waals surface area contributed by atoms with Crippen LogP contribution in [0.2, 0.25) is 0 Å². The number of hydrogen-bond acceptors (Lipinski definition) is 2. The smallest absolute Gasteiger partial charge is 0.0948 e. The highest BCUT2D eigenvalue weighted by Gasteiger charge is 2.11. The van der Waals surface area contributed by atoms with Gasteiger partial charge in [-0.25, -0.2) is 4.98 Å². The first-order valence-electron chi connectivity index (χ1n) is 5.17. The SMILES string of the molecule is ClCc1cncn1CCN1CCCC1. The van der Waals surface area contributed by atoms with E-state index in [4.69, 9.17) is 11.6 Å². The molecule has 3 nitrogen and oxygen atoms in total. The van der Waals surface area contributed by atoms with E-state index < -0.39 is 0 Å². The summed E-state index contributed by atoms with van der Waals surface area (Å²) in [7, 11) is 0. The third-order valence-electron chi connectivity index (χ3n) is 2.79. The Balaban J connectivity index is 1.84. The van der Waals surface area contributed by atoms with Gasteiger partial charge in [-0.3, -0.25) is 0 Å². The monoisotopic (exact) mass is 213 g/mol. The lowest BCUT2D eigenvalue weighted by Crippen LogP contribution is -2.24. The van der Waals surface area contributed by atoms with Gasteiger partial charge in [0, 0.05) is 19.3 Å². The molecule has 1 fully saturated rings. The Morgan fingerprint density at radius 2 is 2.07 bits per heavy atom. The van der Waals surface area contributed by atoms with E-state index in [0.29, 0.717) is 5.88 Å². The van der Waals surface area contributed by atoms with Gasteiger partial charge in [0.15, 0.2) is 0 Å². The van der Waals surface area contributed by atoms with Gasteiger partial charge in [-0.2, -0.15) is 0 Å². The molecule has 2 heterocycles. The van der Waals surface area contributed by atoms with Gasteiger partial charge < -0.3 is 9.47 Å². The Kier molecular flexibility index (Phi) is 3.43. The second-order valence-electron chi connectivity index (χ2n) is 3.76. The number of halogens is 1. The van der Waals surface area contributed by atoms with Crippen LogP contribution in [0.3, 0.4) is 0 Å². The van der Waals surface area contributed by atoms with Crippen LogP contribution >= 0.6 is 11.6 Å². The molecule has 1 aromatic rings. The van der Waals surface area contributed by atoms with Gasteiger partial charge in [-0.15, -0.1) is 11.6 Å². The van der Waals surface area contributed by atoms with E-state index in [1.54, 1.807) is 0 Å². The second-order valence-corrected chi connectivity index (χ2v) is 4.03. The lowest BCUT2D eigenvalue weighted by atomic mass is 10.4. The first kappa shape index (κ1) is 9.99. The fraction of sp³-hybridized carbons (Fsp3) is 0.700. The normalized spacial score (nSPS) is 17.8. The Morgan fingerprint density at radius 3 is 2.79 bits per heavy atom. The minimum absolute atomic E-state index is 0.556. The molecular weight excluding hydrogens is 198 g/mol. The lowest BCUT2D eigenvalue weighted by molar-refractivity contribution is 0.321. The predicted molar refractivity (Wildman–Crippen MR) is 57.5 cm³/mol. The van der Waals surface area contributed by atoms with Crippen molar-refractivity contribution in [3.05, 3.63) is 18.2 Å². The molecule has 1 aliphatic rings. The maximum atomic E-state index is 5.79. The summed E-state index contributed by atoms with van der Waals surface area (Å²) in [4.78, 5) is 6.60. The van der Waals surface area contributed by atoms with Gasteiger partial charge in [0.25, 0.3) is 0 Å². The molecule has 0 bridgehead atoms. The van der Waals surface area contributed by atoms with Crippen LogP contribution in [-0.2, 0) is 12.4 Å². The molecule has 0 N–H and O–H groups in total. The van der Waals surface area contributed by atoms with Crippen LogP contribution in [0, 0.1) is 0 Å². The lowest BCUT2D eigenvalue weighted by Gasteiger charge is -2.15. The van der Waals surface area contributed by atoms with Crippen molar-refractivity contribution < 1.29 is 0 Å². The summed E-state index contributed by atoms with van der Waals surface area (Å²) >= 11 is 5.79. The van der Waals surface area contributed by atoms with Crippen LogP contribution in [0.1, 0.15) is 18.5 Å². The molecule has 1 aromatic heterocycles. The Hall–Kier alpha value is -0.540. The van der Waals surface area contributed by atoms with Crippen molar-refractivity contribution in [3.63, 3.8) is 0 Å². The fourth-order valence-corrected chi connectivity index (χ4v) is 2.14. The first-order valence-corrected chi connectivity index (χ1v) is 5.71. The summed E-state index contributed by atoms with van der Waals surface area (Å²) in [5.41, 5.74) is 1.12. The van der Waals surface area contributed by atoms with Gasteiger partial charge in [0.2, 0.25) is 0 Å². The van der Waals surface area contributed by atoms with Crippen molar-refractivity contribution in [1.29, 1.82) is 0 Å². The Labute approximate surface area is 89.7 Å². The molecule has 14 heavy (non-hydrogen) atoms. The summed E-state index contributed by atoms with van der Waals surface area (Å²) < 4.78 is 2.14. The molecule has 0 radical (unpaired) electrons. The van der Waals surface area contributed by atoms with E-state index in [9.17, 15) is 0 Å². The summed E-state index contributed by atoms with van der Waals surface area (Å²) in [6.07, 6.45) is 6.42. The highest BCUT2D eigenvalue weighted by Crippen LogP contribution is 2.08. The van der Waals surface area contributed by atoms with Gasteiger partial charge >= 0.3 is 0 Å². The van der Waals surface area contributed by atoms with Gasteiger partial charge in [-0.05, 0) is 25.9 Å². The molecule has 0 saturated carbocycles. The molecule has 0 aliphatic carbocycles. The molecule has 0 spiro atoms. The number of imidazole rings is 1. The van der Waals surface area contributed by atoms with Gasteiger partial charge in [0.1, 0.15) is 0 Å². The topological polar surface area (TPSA) is 21.1 Å². The Bertz CT molecular complexity index is 279. The second kappa shape index (κ2) is 4.80. The van der Waals surface area contributed by atoms with Crippen molar-refractivity contribution in [2.45, 2.75) is 25.3 Å². The quantitative estimate of drug-likeness (QED) is 0.711. The van der Waals surface area contributed by atoms with Crippen molar-refractivity contribution in [1.82, 2.24) is 14.5 Å². The molecule has 1 aliphatic heterocycles.